The molecule has 6 nitrogen and oxygen atoms in total. The molecule has 22 heavy (non-hydrogen) atoms. The lowest BCUT2D eigenvalue weighted by atomic mass is 10.2. The number of ether oxygens (including phenoxy) is 1. The Bertz CT molecular complexity index is 754. The number of halogens is 1. The average molecular weight is 325 g/mol. The number of rotatable bonds is 5. The van der Waals surface area contributed by atoms with E-state index in [2.05, 4.69) is 9.82 Å². The Morgan fingerprint density at radius 1 is 1.41 bits per heavy atom. The number of anilines is 1. The van der Waals surface area contributed by atoms with Gasteiger partial charge in [-0.15, -0.1) is 0 Å². The highest BCUT2D eigenvalue weighted by Crippen LogP contribution is 2.19. The molecule has 1 aromatic heterocycles. The van der Waals surface area contributed by atoms with Gasteiger partial charge in [-0.05, 0) is 25.0 Å². The minimum Gasteiger partial charge on any atom is -0.376 e. The molecule has 0 spiro atoms. The van der Waals surface area contributed by atoms with Gasteiger partial charge < -0.3 is 4.74 Å². The molecule has 1 aliphatic heterocycles. The third kappa shape index (κ3) is 3.28. The number of hydrogen-bond donors (Lipinski definition) is 1. The Hall–Kier alpha value is -1.93. The van der Waals surface area contributed by atoms with Crippen LogP contribution in [0.2, 0.25) is 0 Å². The van der Waals surface area contributed by atoms with Gasteiger partial charge in [0.25, 0.3) is 10.0 Å². The largest absolute Gasteiger partial charge is 0.376 e. The van der Waals surface area contributed by atoms with Crippen LogP contribution in [0.4, 0.5) is 10.1 Å². The Kier molecular flexibility index (Phi) is 4.12. The molecule has 1 atom stereocenters. The molecular formula is C14H16FN3O3S. The Labute approximate surface area is 128 Å². The van der Waals surface area contributed by atoms with Crippen molar-refractivity contribution in [2.24, 2.45) is 0 Å². The fourth-order valence-electron chi connectivity index (χ4n) is 2.39. The Morgan fingerprint density at radius 3 is 2.95 bits per heavy atom. The van der Waals surface area contributed by atoms with E-state index in [1.54, 1.807) is 10.9 Å². The summed E-state index contributed by atoms with van der Waals surface area (Å²) in [5.41, 5.74) is 0.293. The number of hydrogen-bond acceptors (Lipinski definition) is 4. The van der Waals surface area contributed by atoms with Crippen LogP contribution >= 0.6 is 0 Å². The Balaban J connectivity index is 1.73. The maximum Gasteiger partial charge on any atom is 0.264 e. The molecule has 0 aliphatic carbocycles. The molecule has 1 fully saturated rings. The SMILES string of the molecule is O=S(=O)(Nc1cnn(CC2CCCO2)c1)c1ccccc1F. The molecule has 2 heterocycles. The standard InChI is InChI=1S/C14H16FN3O3S/c15-13-5-1-2-6-14(13)22(19,20)17-11-8-16-18(9-11)10-12-4-3-7-21-12/h1-2,5-6,8-9,12,17H,3-4,7,10H2. The molecule has 0 radical (unpaired) electrons. The summed E-state index contributed by atoms with van der Waals surface area (Å²) in [6.45, 7) is 1.32. The fourth-order valence-corrected chi connectivity index (χ4v) is 3.49. The highest BCUT2D eigenvalue weighted by atomic mass is 32.2. The second-order valence-corrected chi connectivity index (χ2v) is 6.77. The van der Waals surface area contributed by atoms with E-state index in [4.69, 9.17) is 4.74 Å². The predicted octanol–water partition coefficient (Wildman–Crippen LogP) is 2.00. The summed E-state index contributed by atoms with van der Waals surface area (Å²) >= 11 is 0. The quantitative estimate of drug-likeness (QED) is 0.912. The highest BCUT2D eigenvalue weighted by molar-refractivity contribution is 7.92. The number of benzene rings is 1. The lowest BCUT2D eigenvalue weighted by Gasteiger charge is -2.09. The van der Waals surface area contributed by atoms with Gasteiger partial charge in [-0.3, -0.25) is 9.40 Å². The summed E-state index contributed by atoms with van der Waals surface area (Å²) in [5.74, 6) is -0.790. The molecule has 1 N–H and O–H groups in total. The van der Waals surface area contributed by atoms with Crippen molar-refractivity contribution in [1.29, 1.82) is 0 Å². The zero-order valence-corrected chi connectivity index (χ0v) is 12.6. The van der Waals surface area contributed by atoms with Gasteiger partial charge in [-0.25, -0.2) is 12.8 Å². The van der Waals surface area contributed by atoms with Gasteiger partial charge in [0.1, 0.15) is 10.7 Å². The summed E-state index contributed by atoms with van der Waals surface area (Å²) in [7, 11) is -3.97. The van der Waals surface area contributed by atoms with Crippen molar-refractivity contribution < 1.29 is 17.5 Å². The van der Waals surface area contributed by atoms with E-state index in [-0.39, 0.29) is 11.0 Å². The predicted molar refractivity (Wildman–Crippen MR) is 78.4 cm³/mol. The van der Waals surface area contributed by atoms with Crippen molar-refractivity contribution in [2.45, 2.75) is 30.4 Å². The molecule has 1 aliphatic rings. The molecule has 8 heteroatoms. The first-order valence-electron chi connectivity index (χ1n) is 6.96. The second kappa shape index (κ2) is 6.05. The summed E-state index contributed by atoms with van der Waals surface area (Å²) in [6.07, 6.45) is 5.07. The van der Waals surface area contributed by atoms with Gasteiger partial charge in [0.2, 0.25) is 0 Å². The van der Waals surface area contributed by atoms with E-state index in [1.165, 1.54) is 24.4 Å². The molecule has 0 bridgehead atoms. The van der Waals surface area contributed by atoms with E-state index in [1.807, 2.05) is 0 Å². The first-order chi connectivity index (χ1) is 10.5. The van der Waals surface area contributed by atoms with Crippen LogP contribution in [0.5, 0.6) is 0 Å². The van der Waals surface area contributed by atoms with Gasteiger partial charge in [0.15, 0.2) is 0 Å². The van der Waals surface area contributed by atoms with Gasteiger partial charge in [0, 0.05) is 12.8 Å². The lowest BCUT2D eigenvalue weighted by molar-refractivity contribution is 0.0940. The van der Waals surface area contributed by atoms with Crippen LogP contribution in [-0.4, -0.2) is 30.9 Å². The highest BCUT2D eigenvalue weighted by Gasteiger charge is 2.20. The minimum absolute atomic E-state index is 0.107. The fraction of sp³-hybridized carbons (Fsp3) is 0.357. The van der Waals surface area contributed by atoms with E-state index >= 15 is 0 Å². The maximum atomic E-state index is 13.6. The molecule has 3 rings (SSSR count). The van der Waals surface area contributed by atoms with Gasteiger partial charge in [-0.1, -0.05) is 12.1 Å². The molecule has 2 aromatic rings. The smallest absolute Gasteiger partial charge is 0.264 e. The molecule has 1 unspecified atom stereocenters. The average Bonchev–Trinajstić information content (AvgIpc) is 3.11. The molecule has 1 saturated heterocycles. The third-order valence-corrected chi connectivity index (χ3v) is 4.84. The van der Waals surface area contributed by atoms with Gasteiger partial charge in [-0.2, -0.15) is 5.10 Å². The number of aromatic nitrogens is 2. The van der Waals surface area contributed by atoms with E-state index < -0.39 is 15.8 Å². The van der Waals surface area contributed by atoms with Crippen LogP contribution in [0, 0.1) is 5.82 Å². The Morgan fingerprint density at radius 2 is 2.23 bits per heavy atom. The number of nitrogens with one attached hydrogen (secondary N) is 1. The van der Waals surface area contributed by atoms with Crippen molar-refractivity contribution in [3.05, 3.63) is 42.5 Å². The van der Waals surface area contributed by atoms with Crippen LogP contribution in [0.3, 0.4) is 0 Å². The molecule has 1 aromatic carbocycles. The van der Waals surface area contributed by atoms with Crippen LogP contribution in [-0.2, 0) is 21.3 Å². The molecule has 0 saturated carbocycles. The number of sulfonamides is 1. The number of nitrogens with zero attached hydrogens (tertiary/aromatic N) is 2. The topological polar surface area (TPSA) is 73.2 Å². The molecule has 118 valence electrons. The van der Waals surface area contributed by atoms with E-state index in [9.17, 15) is 12.8 Å². The van der Waals surface area contributed by atoms with Gasteiger partial charge in [0.05, 0.1) is 24.5 Å². The van der Waals surface area contributed by atoms with Crippen molar-refractivity contribution in [2.75, 3.05) is 11.3 Å². The minimum atomic E-state index is -3.97. The van der Waals surface area contributed by atoms with E-state index in [0.29, 0.717) is 12.2 Å². The van der Waals surface area contributed by atoms with Gasteiger partial charge >= 0.3 is 0 Å². The summed E-state index contributed by atoms with van der Waals surface area (Å²) in [5, 5.41) is 4.10. The van der Waals surface area contributed by atoms with Crippen molar-refractivity contribution in [3.8, 4) is 0 Å². The van der Waals surface area contributed by atoms with Crippen LogP contribution in [0.15, 0.2) is 41.6 Å². The monoisotopic (exact) mass is 325 g/mol. The van der Waals surface area contributed by atoms with Crippen molar-refractivity contribution in [3.63, 3.8) is 0 Å². The zero-order valence-electron chi connectivity index (χ0n) is 11.8. The first kappa shape index (κ1) is 15.0. The van der Waals surface area contributed by atoms with Crippen LogP contribution < -0.4 is 4.72 Å². The van der Waals surface area contributed by atoms with Crippen molar-refractivity contribution >= 4 is 15.7 Å². The van der Waals surface area contributed by atoms with Crippen molar-refractivity contribution in [1.82, 2.24) is 9.78 Å². The second-order valence-electron chi connectivity index (χ2n) is 5.12. The summed E-state index contributed by atoms with van der Waals surface area (Å²) in [4.78, 5) is -0.387. The van der Waals surface area contributed by atoms with Crippen LogP contribution in [0.1, 0.15) is 12.8 Å². The van der Waals surface area contributed by atoms with E-state index in [0.717, 1.165) is 25.5 Å². The van der Waals surface area contributed by atoms with Crippen LogP contribution in [0.25, 0.3) is 0 Å². The maximum absolute atomic E-state index is 13.6. The third-order valence-electron chi connectivity index (χ3n) is 3.43. The summed E-state index contributed by atoms with van der Waals surface area (Å²) < 4.78 is 47.4. The molecular weight excluding hydrogens is 309 g/mol. The normalized spacial score (nSPS) is 18.5. The molecule has 0 amide bonds. The lowest BCUT2D eigenvalue weighted by Crippen LogP contribution is -2.15. The first-order valence-corrected chi connectivity index (χ1v) is 8.44. The summed E-state index contributed by atoms with van der Waals surface area (Å²) in [6, 6.07) is 5.23. The zero-order chi connectivity index (χ0) is 15.6.